The maximum Gasteiger partial charge on any atom is 0.273 e. The van der Waals surface area contributed by atoms with Crippen molar-refractivity contribution in [3.05, 3.63) is 100 Å². The molecule has 3 aromatic carbocycles. The molecule has 0 spiro atoms. The van der Waals surface area contributed by atoms with E-state index in [4.69, 9.17) is 4.74 Å². The Hall–Kier alpha value is -3.12. The predicted molar refractivity (Wildman–Crippen MR) is 106 cm³/mol. The molecule has 5 nitrogen and oxygen atoms in total. The van der Waals surface area contributed by atoms with Crippen molar-refractivity contribution < 1.29 is 14.3 Å². The largest absolute Gasteiger partial charge is 0.488 e. The summed E-state index contributed by atoms with van der Waals surface area (Å²) in [6, 6.07) is 23.4. The van der Waals surface area contributed by atoms with Gasteiger partial charge in [-0.25, -0.2) is 0 Å². The van der Waals surface area contributed by atoms with Crippen LogP contribution in [0, 0.1) is 0 Å². The standard InChI is InChI=1S/C21H17BrN2O3/c22-17-12-10-16(11-13-17)20(25)23-24-21(26)18-8-4-5-9-19(18)27-14-15-6-2-1-3-7-15/h1-13H,14H2,(H,23,25)(H,24,26). The number of rotatable bonds is 5. The van der Waals surface area contributed by atoms with Crippen molar-refractivity contribution in [3.8, 4) is 5.75 Å². The summed E-state index contributed by atoms with van der Waals surface area (Å²) in [4.78, 5) is 24.6. The highest BCUT2D eigenvalue weighted by Gasteiger charge is 2.13. The summed E-state index contributed by atoms with van der Waals surface area (Å²) in [5, 5.41) is 0. The summed E-state index contributed by atoms with van der Waals surface area (Å²) in [5.41, 5.74) is 6.60. The third-order valence-electron chi connectivity index (χ3n) is 3.76. The Morgan fingerprint density at radius 2 is 1.41 bits per heavy atom. The van der Waals surface area contributed by atoms with Gasteiger partial charge in [0.25, 0.3) is 11.8 Å². The molecule has 0 saturated heterocycles. The Labute approximate surface area is 165 Å². The Balaban J connectivity index is 1.62. The van der Waals surface area contributed by atoms with Crippen LogP contribution in [0.2, 0.25) is 0 Å². The van der Waals surface area contributed by atoms with Crippen LogP contribution in [0.4, 0.5) is 0 Å². The summed E-state index contributed by atoms with van der Waals surface area (Å²) >= 11 is 3.31. The number of hydrogen-bond acceptors (Lipinski definition) is 3. The minimum Gasteiger partial charge on any atom is -0.488 e. The highest BCUT2D eigenvalue weighted by molar-refractivity contribution is 9.10. The molecule has 0 aliphatic carbocycles. The molecule has 0 saturated carbocycles. The maximum absolute atomic E-state index is 12.5. The van der Waals surface area contributed by atoms with Gasteiger partial charge in [0.15, 0.2) is 0 Å². The van der Waals surface area contributed by atoms with Gasteiger partial charge in [-0.3, -0.25) is 20.4 Å². The molecule has 0 fully saturated rings. The Morgan fingerprint density at radius 3 is 2.15 bits per heavy atom. The van der Waals surface area contributed by atoms with Crippen LogP contribution in [0.25, 0.3) is 0 Å². The van der Waals surface area contributed by atoms with E-state index >= 15 is 0 Å². The third-order valence-corrected chi connectivity index (χ3v) is 4.29. The van der Waals surface area contributed by atoms with Crippen molar-refractivity contribution in [2.45, 2.75) is 6.61 Å². The van der Waals surface area contributed by atoms with Gasteiger partial charge in [0, 0.05) is 10.0 Å². The van der Waals surface area contributed by atoms with Crippen molar-refractivity contribution in [1.29, 1.82) is 0 Å². The number of para-hydroxylation sites is 1. The van der Waals surface area contributed by atoms with Gasteiger partial charge in [-0.15, -0.1) is 0 Å². The van der Waals surface area contributed by atoms with Crippen LogP contribution in [0.3, 0.4) is 0 Å². The van der Waals surface area contributed by atoms with Crippen LogP contribution in [0.5, 0.6) is 5.75 Å². The molecule has 0 aliphatic rings. The van der Waals surface area contributed by atoms with Gasteiger partial charge in [0.2, 0.25) is 0 Å². The topological polar surface area (TPSA) is 67.4 Å². The molecule has 3 aromatic rings. The first-order valence-corrected chi connectivity index (χ1v) is 9.05. The fourth-order valence-electron chi connectivity index (χ4n) is 2.37. The highest BCUT2D eigenvalue weighted by atomic mass is 79.9. The smallest absolute Gasteiger partial charge is 0.273 e. The summed E-state index contributed by atoms with van der Waals surface area (Å²) in [6.45, 7) is 0.344. The molecule has 0 unspecified atom stereocenters. The molecule has 27 heavy (non-hydrogen) atoms. The molecule has 0 radical (unpaired) electrons. The van der Waals surface area contributed by atoms with Crippen LogP contribution in [-0.2, 0) is 6.61 Å². The third kappa shape index (κ3) is 5.18. The molecule has 6 heteroatoms. The number of carbonyl (C=O) groups is 2. The van der Waals surface area contributed by atoms with E-state index < -0.39 is 11.8 Å². The lowest BCUT2D eigenvalue weighted by molar-refractivity contribution is 0.0844. The molecule has 3 rings (SSSR count). The van der Waals surface area contributed by atoms with Crippen molar-refractivity contribution >= 4 is 27.7 Å². The van der Waals surface area contributed by atoms with Crippen LogP contribution in [-0.4, -0.2) is 11.8 Å². The van der Waals surface area contributed by atoms with Crippen molar-refractivity contribution in [3.63, 3.8) is 0 Å². The van der Waals surface area contributed by atoms with Gasteiger partial charge in [0.05, 0.1) is 5.56 Å². The van der Waals surface area contributed by atoms with Crippen LogP contribution in [0.15, 0.2) is 83.3 Å². The maximum atomic E-state index is 12.5. The monoisotopic (exact) mass is 424 g/mol. The van der Waals surface area contributed by atoms with E-state index in [1.807, 2.05) is 30.3 Å². The fourth-order valence-corrected chi connectivity index (χ4v) is 2.63. The lowest BCUT2D eigenvalue weighted by atomic mass is 10.2. The van der Waals surface area contributed by atoms with Gasteiger partial charge >= 0.3 is 0 Å². The second-order valence-corrected chi connectivity index (χ2v) is 6.60. The van der Waals surface area contributed by atoms with Crippen molar-refractivity contribution in [2.75, 3.05) is 0 Å². The molecule has 0 aliphatic heterocycles. The van der Waals surface area contributed by atoms with Gasteiger partial charge < -0.3 is 4.74 Å². The number of hydrazine groups is 1. The summed E-state index contributed by atoms with van der Waals surface area (Å²) in [7, 11) is 0. The average molecular weight is 425 g/mol. The van der Waals surface area contributed by atoms with Gasteiger partial charge in [-0.05, 0) is 42.0 Å². The van der Waals surface area contributed by atoms with E-state index in [2.05, 4.69) is 26.8 Å². The lowest BCUT2D eigenvalue weighted by Gasteiger charge is -2.12. The number of nitrogens with one attached hydrogen (secondary N) is 2. The SMILES string of the molecule is O=C(NNC(=O)c1ccccc1OCc1ccccc1)c1ccc(Br)cc1. The second kappa shape index (κ2) is 9.00. The number of carbonyl (C=O) groups excluding carboxylic acids is 2. The van der Waals surface area contributed by atoms with Gasteiger partial charge in [0.1, 0.15) is 12.4 Å². The Bertz CT molecular complexity index is 928. The van der Waals surface area contributed by atoms with Crippen LogP contribution in [0.1, 0.15) is 26.3 Å². The first-order valence-electron chi connectivity index (χ1n) is 8.25. The zero-order valence-electron chi connectivity index (χ0n) is 14.3. The summed E-state index contributed by atoms with van der Waals surface area (Å²) in [6.07, 6.45) is 0. The normalized spacial score (nSPS) is 10.1. The van der Waals surface area contributed by atoms with E-state index in [-0.39, 0.29) is 0 Å². The Kier molecular flexibility index (Phi) is 6.22. The zero-order valence-corrected chi connectivity index (χ0v) is 15.9. The molecule has 0 aromatic heterocycles. The van der Waals surface area contributed by atoms with E-state index in [9.17, 15) is 9.59 Å². The van der Waals surface area contributed by atoms with Gasteiger partial charge in [-0.1, -0.05) is 58.4 Å². The zero-order chi connectivity index (χ0) is 19.1. The molecule has 0 heterocycles. The van der Waals surface area contributed by atoms with Crippen LogP contribution < -0.4 is 15.6 Å². The number of ether oxygens (including phenoxy) is 1. The number of hydrogen-bond donors (Lipinski definition) is 2. The lowest BCUT2D eigenvalue weighted by Crippen LogP contribution is -2.41. The van der Waals surface area contributed by atoms with Crippen molar-refractivity contribution in [1.82, 2.24) is 10.9 Å². The number of halogens is 1. The Morgan fingerprint density at radius 1 is 0.778 bits per heavy atom. The molecule has 2 amide bonds. The van der Waals surface area contributed by atoms with E-state index in [0.29, 0.717) is 23.5 Å². The average Bonchev–Trinajstić information content (AvgIpc) is 2.71. The van der Waals surface area contributed by atoms with E-state index in [1.54, 1.807) is 48.5 Å². The van der Waals surface area contributed by atoms with Gasteiger partial charge in [-0.2, -0.15) is 0 Å². The number of amides is 2. The minimum atomic E-state index is -0.455. The first-order chi connectivity index (χ1) is 13.1. The first kappa shape index (κ1) is 18.7. The summed E-state index contributed by atoms with van der Waals surface area (Å²) in [5.74, 6) is -0.417. The molecule has 0 atom stereocenters. The molecular weight excluding hydrogens is 408 g/mol. The van der Waals surface area contributed by atoms with Crippen molar-refractivity contribution in [2.24, 2.45) is 0 Å². The number of benzene rings is 3. The predicted octanol–water partition coefficient (Wildman–Crippen LogP) is 4.10. The van der Waals surface area contributed by atoms with E-state index in [0.717, 1.165) is 10.0 Å². The molecule has 2 N–H and O–H groups in total. The van der Waals surface area contributed by atoms with E-state index in [1.165, 1.54) is 0 Å². The highest BCUT2D eigenvalue weighted by Crippen LogP contribution is 2.19. The molecule has 136 valence electrons. The fraction of sp³-hybridized carbons (Fsp3) is 0.0476. The molecular formula is C21H17BrN2O3. The molecule has 0 bridgehead atoms. The minimum absolute atomic E-state index is 0.338. The second-order valence-electron chi connectivity index (χ2n) is 5.69. The van der Waals surface area contributed by atoms with Crippen LogP contribution >= 0.6 is 15.9 Å². The summed E-state index contributed by atoms with van der Waals surface area (Å²) < 4.78 is 6.64. The quantitative estimate of drug-likeness (QED) is 0.605.